The van der Waals surface area contributed by atoms with Crippen LogP contribution in [0.5, 0.6) is 0 Å². The second-order valence-corrected chi connectivity index (χ2v) is 10.2. The summed E-state index contributed by atoms with van der Waals surface area (Å²) < 4.78 is 25.0. The topological polar surface area (TPSA) is 120 Å². The molecule has 2 heterocycles. The molecular formula is C18H19N5O3S3. The molecule has 0 aliphatic heterocycles. The van der Waals surface area contributed by atoms with Crippen LogP contribution < -0.4 is 10.5 Å². The molecule has 2 aromatic heterocycles. The molecule has 1 amide bonds. The highest BCUT2D eigenvalue weighted by atomic mass is 32.2. The minimum Gasteiger partial charge on any atom is -0.325 e. The van der Waals surface area contributed by atoms with Crippen molar-refractivity contribution in [1.82, 2.24) is 14.8 Å². The molecule has 0 radical (unpaired) electrons. The molecular weight excluding hydrogens is 430 g/mol. The number of aromatic nitrogens is 3. The fourth-order valence-corrected chi connectivity index (χ4v) is 4.96. The lowest BCUT2D eigenvalue weighted by Crippen LogP contribution is -2.16. The molecule has 0 bridgehead atoms. The van der Waals surface area contributed by atoms with Gasteiger partial charge in [0.15, 0.2) is 5.16 Å². The summed E-state index contributed by atoms with van der Waals surface area (Å²) in [5, 5.41) is 19.2. The van der Waals surface area contributed by atoms with Gasteiger partial charge in [0.05, 0.1) is 10.6 Å². The third-order valence-electron chi connectivity index (χ3n) is 4.34. The Bertz CT molecular complexity index is 1120. The Balaban J connectivity index is 1.41. The maximum absolute atomic E-state index is 12.3. The Labute approximate surface area is 176 Å². The normalized spacial score (nSPS) is 14.1. The summed E-state index contributed by atoms with van der Waals surface area (Å²) in [5.74, 6) is 0.800. The number of nitrogens with two attached hydrogens (primary N) is 1. The number of nitrogens with zero attached hydrogens (tertiary/aromatic N) is 3. The average Bonchev–Trinajstić information content (AvgIpc) is 3.22. The minimum atomic E-state index is -3.82. The van der Waals surface area contributed by atoms with Gasteiger partial charge in [-0.15, -0.1) is 21.5 Å². The summed E-state index contributed by atoms with van der Waals surface area (Å²) in [6.45, 7) is 0. The molecule has 0 saturated heterocycles. The second-order valence-electron chi connectivity index (χ2n) is 6.67. The lowest BCUT2D eigenvalue weighted by atomic mass is 10.3. The summed E-state index contributed by atoms with van der Waals surface area (Å²) in [6.07, 6.45) is 2.92. The molecule has 0 spiro atoms. The number of nitrogens with one attached hydrogen (secondary N) is 1. The minimum absolute atomic E-state index is 0.0466. The Morgan fingerprint density at radius 1 is 1.28 bits per heavy atom. The van der Waals surface area contributed by atoms with Gasteiger partial charge in [0, 0.05) is 23.0 Å². The van der Waals surface area contributed by atoms with Gasteiger partial charge in [0.1, 0.15) is 5.82 Å². The number of carbonyl (C=O) groups excluding carboxylic acids is 1. The van der Waals surface area contributed by atoms with Gasteiger partial charge in [-0.25, -0.2) is 13.6 Å². The van der Waals surface area contributed by atoms with Crippen LogP contribution in [-0.4, -0.2) is 34.8 Å². The number of carbonyl (C=O) groups is 1. The van der Waals surface area contributed by atoms with E-state index >= 15 is 0 Å². The molecule has 11 heteroatoms. The number of thioether (sulfide) groups is 1. The van der Waals surface area contributed by atoms with E-state index in [1.807, 2.05) is 11.4 Å². The lowest BCUT2D eigenvalue weighted by molar-refractivity contribution is -0.113. The zero-order valence-electron chi connectivity index (χ0n) is 15.3. The summed E-state index contributed by atoms with van der Waals surface area (Å²) in [5.41, 5.74) is 0.379. The number of hydrogen-bond acceptors (Lipinski definition) is 7. The molecule has 1 fully saturated rings. The van der Waals surface area contributed by atoms with E-state index in [4.69, 9.17) is 5.14 Å². The van der Waals surface area contributed by atoms with Crippen LogP contribution in [0.3, 0.4) is 0 Å². The Hall–Kier alpha value is -2.21. The first-order valence-electron chi connectivity index (χ1n) is 8.92. The highest BCUT2D eigenvalue weighted by molar-refractivity contribution is 7.99. The van der Waals surface area contributed by atoms with E-state index in [-0.39, 0.29) is 16.6 Å². The van der Waals surface area contributed by atoms with Crippen molar-refractivity contribution in [2.75, 3.05) is 11.1 Å². The van der Waals surface area contributed by atoms with E-state index < -0.39 is 10.0 Å². The first-order valence-corrected chi connectivity index (χ1v) is 12.3. The standard InChI is InChI=1S/C18H19N5O3S3/c19-29(25,26)15-5-1-3-12(9-15)20-17(24)11-28-18-22-21-16(23(18)13-6-7-13)10-14-4-2-8-27-14/h1-5,8-9,13H,6-7,10-11H2,(H,20,24)(H2,19,25,26). The second kappa shape index (κ2) is 8.27. The molecule has 1 aromatic carbocycles. The van der Waals surface area contributed by atoms with E-state index in [0.29, 0.717) is 11.7 Å². The molecule has 4 rings (SSSR count). The number of primary sulfonamides is 1. The number of thiophene rings is 1. The van der Waals surface area contributed by atoms with Crippen molar-refractivity contribution in [2.45, 2.75) is 35.4 Å². The number of amides is 1. The predicted molar refractivity (Wildman–Crippen MR) is 113 cm³/mol. The first-order chi connectivity index (χ1) is 13.9. The van der Waals surface area contributed by atoms with Crippen LogP contribution >= 0.6 is 23.1 Å². The highest BCUT2D eigenvalue weighted by Gasteiger charge is 2.30. The predicted octanol–water partition coefficient (Wildman–Crippen LogP) is 2.64. The monoisotopic (exact) mass is 449 g/mol. The third-order valence-corrected chi connectivity index (χ3v) is 7.07. The molecule has 29 heavy (non-hydrogen) atoms. The van der Waals surface area contributed by atoms with Gasteiger partial charge in [-0.2, -0.15) is 0 Å². The molecule has 0 atom stereocenters. The quantitative estimate of drug-likeness (QED) is 0.510. The van der Waals surface area contributed by atoms with Crippen LogP contribution in [-0.2, 0) is 21.2 Å². The Morgan fingerprint density at radius 3 is 2.79 bits per heavy atom. The average molecular weight is 450 g/mol. The molecule has 3 aromatic rings. The molecule has 152 valence electrons. The number of hydrogen-bond donors (Lipinski definition) is 2. The van der Waals surface area contributed by atoms with Crippen molar-refractivity contribution in [1.29, 1.82) is 0 Å². The van der Waals surface area contributed by atoms with Crippen LogP contribution in [0.15, 0.2) is 51.8 Å². The summed E-state index contributed by atoms with van der Waals surface area (Å²) in [4.78, 5) is 13.5. The summed E-state index contributed by atoms with van der Waals surface area (Å²) in [7, 11) is -3.82. The molecule has 8 nitrogen and oxygen atoms in total. The number of anilines is 1. The van der Waals surface area contributed by atoms with Gasteiger partial charge in [0.2, 0.25) is 15.9 Å². The van der Waals surface area contributed by atoms with Gasteiger partial charge < -0.3 is 9.88 Å². The molecule has 3 N–H and O–H groups in total. The molecule has 0 unspecified atom stereocenters. The Morgan fingerprint density at radius 2 is 2.10 bits per heavy atom. The first kappa shape index (κ1) is 20.1. The van der Waals surface area contributed by atoms with Gasteiger partial charge in [0.25, 0.3) is 0 Å². The van der Waals surface area contributed by atoms with Gasteiger partial charge >= 0.3 is 0 Å². The SMILES string of the molecule is NS(=O)(=O)c1cccc(NC(=O)CSc2nnc(Cc3cccs3)n2C2CC2)c1. The van der Waals surface area contributed by atoms with Crippen molar-refractivity contribution in [3.8, 4) is 0 Å². The van der Waals surface area contributed by atoms with Crippen molar-refractivity contribution >= 4 is 44.7 Å². The molecule has 1 aliphatic rings. The highest BCUT2D eigenvalue weighted by Crippen LogP contribution is 2.39. The smallest absolute Gasteiger partial charge is 0.238 e. The zero-order valence-corrected chi connectivity index (χ0v) is 17.8. The molecule has 1 saturated carbocycles. The van der Waals surface area contributed by atoms with E-state index in [9.17, 15) is 13.2 Å². The maximum Gasteiger partial charge on any atom is 0.238 e. The van der Waals surface area contributed by atoms with E-state index in [1.54, 1.807) is 17.4 Å². The van der Waals surface area contributed by atoms with Crippen LogP contribution in [0.25, 0.3) is 0 Å². The van der Waals surface area contributed by atoms with Crippen LogP contribution in [0.1, 0.15) is 29.6 Å². The van der Waals surface area contributed by atoms with Gasteiger partial charge in [-0.1, -0.05) is 23.9 Å². The summed E-state index contributed by atoms with van der Waals surface area (Å²) >= 11 is 3.01. The fraction of sp³-hybridized carbons (Fsp3) is 0.278. The van der Waals surface area contributed by atoms with Crippen molar-refractivity contribution in [2.24, 2.45) is 5.14 Å². The lowest BCUT2D eigenvalue weighted by Gasteiger charge is -2.09. The number of benzene rings is 1. The van der Waals surface area contributed by atoms with E-state index in [1.165, 1.54) is 34.8 Å². The zero-order chi connectivity index (χ0) is 20.4. The van der Waals surface area contributed by atoms with Crippen LogP contribution in [0.2, 0.25) is 0 Å². The third kappa shape index (κ3) is 5.04. The van der Waals surface area contributed by atoms with Crippen molar-refractivity contribution in [3.05, 3.63) is 52.5 Å². The maximum atomic E-state index is 12.3. The molecule has 1 aliphatic carbocycles. The Kier molecular flexibility index (Phi) is 5.72. The number of rotatable bonds is 8. The van der Waals surface area contributed by atoms with Gasteiger partial charge in [-0.3, -0.25) is 4.79 Å². The van der Waals surface area contributed by atoms with Crippen molar-refractivity contribution < 1.29 is 13.2 Å². The van der Waals surface area contributed by atoms with Crippen LogP contribution in [0.4, 0.5) is 5.69 Å². The fourth-order valence-electron chi connectivity index (χ4n) is 2.87. The van der Waals surface area contributed by atoms with Crippen LogP contribution in [0, 0.1) is 0 Å². The summed E-state index contributed by atoms with van der Waals surface area (Å²) in [6, 6.07) is 10.4. The van der Waals surface area contributed by atoms with Crippen molar-refractivity contribution in [3.63, 3.8) is 0 Å². The van der Waals surface area contributed by atoms with Gasteiger partial charge in [-0.05, 0) is 42.5 Å². The van der Waals surface area contributed by atoms with E-state index in [0.717, 1.165) is 30.2 Å². The number of sulfonamides is 1. The van der Waals surface area contributed by atoms with E-state index in [2.05, 4.69) is 26.1 Å². The largest absolute Gasteiger partial charge is 0.325 e.